The molecule has 1 atom stereocenters. The van der Waals surface area contributed by atoms with E-state index in [1.807, 2.05) is 12.1 Å². The lowest BCUT2D eigenvalue weighted by atomic mass is 9.94. The lowest BCUT2D eigenvalue weighted by Crippen LogP contribution is -2.24. The van der Waals surface area contributed by atoms with E-state index in [1.165, 1.54) is 22.3 Å². The van der Waals surface area contributed by atoms with Crippen LogP contribution in [0.2, 0.25) is 5.02 Å². The maximum absolute atomic E-state index is 6.40. The third kappa shape index (κ3) is 4.33. The van der Waals surface area contributed by atoms with Crippen molar-refractivity contribution in [1.82, 2.24) is 5.32 Å². The number of nitrogens with one attached hydrogen (secondary N) is 1. The predicted molar refractivity (Wildman–Crippen MR) is 92.1 cm³/mol. The number of aryl methyl sites for hydroxylation is 2. The molecule has 2 rings (SSSR count). The molecule has 0 aliphatic rings. The molecular weight excluding hydrogens is 278 g/mol. The summed E-state index contributed by atoms with van der Waals surface area (Å²) >= 11 is 6.40. The second kappa shape index (κ2) is 7.63. The Morgan fingerprint density at radius 3 is 2.57 bits per heavy atom. The smallest absolute Gasteiger partial charge is 0.0453 e. The van der Waals surface area contributed by atoms with Crippen molar-refractivity contribution in [2.75, 3.05) is 6.54 Å². The number of hydrogen-bond acceptors (Lipinski definition) is 1. The van der Waals surface area contributed by atoms with Crippen LogP contribution in [0.15, 0.2) is 42.5 Å². The van der Waals surface area contributed by atoms with Gasteiger partial charge in [0, 0.05) is 11.1 Å². The van der Waals surface area contributed by atoms with E-state index in [4.69, 9.17) is 11.6 Å². The molecule has 112 valence electrons. The Morgan fingerprint density at radius 1 is 1.10 bits per heavy atom. The van der Waals surface area contributed by atoms with E-state index in [0.717, 1.165) is 24.4 Å². The van der Waals surface area contributed by atoms with Gasteiger partial charge >= 0.3 is 0 Å². The molecule has 2 aromatic rings. The third-order valence-corrected chi connectivity index (χ3v) is 4.19. The molecule has 21 heavy (non-hydrogen) atoms. The molecule has 0 heterocycles. The fourth-order valence-corrected chi connectivity index (χ4v) is 2.88. The lowest BCUT2D eigenvalue weighted by Gasteiger charge is -2.21. The van der Waals surface area contributed by atoms with Crippen molar-refractivity contribution in [3.8, 4) is 0 Å². The molecule has 0 aromatic heterocycles. The van der Waals surface area contributed by atoms with Crippen LogP contribution < -0.4 is 5.32 Å². The molecule has 2 heteroatoms. The zero-order valence-corrected chi connectivity index (χ0v) is 13.9. The minimum Gasteiger partial charge on any atom is -0.310 e. The van der Waals surface area contributed by atoms with Crippen LogP contribution in [0.3, 0.4) is 0 Å². The van der Waals surface area contributed by atoms with E-state index >= 15 is 0 Å². The quantitative estimate of drug-likeness (QED) is 0.769. The van der Waals surface area contributed by atoms with Gasteiger partial charge in [-0.15, -0.1) is 0 Å². The highest BCUT2D eigenvalue weighted by Gasteiger charge is 2.15. The van der Waals surface area contributed by atoms with E-state index in [0.29, 0.717) is 0 Å². The first kappa shape index (κ1) is 16.1. The van der Waals surface area contributed by atoms with Crippen LogP contribution in [0.25, 0.3) is 0 Å². The van der Waals surface area contributed by atoms with Crippen LogP contribution in [-0.2, 0) is 6.42 Å². The predicted octanol–water partition coefficient (Wildman–Crippen LogP) is 5.24. The summed E-state index contributed by atoms with van der Waals surface area (Å²) in [6.45, 7) is 7.51. The molecular formula is C19H24ClN. The zero-order valence-electron chi connectivity index (χ0n) is 13.1. The molecule has 0 radical (unpaired) electrons. The summed E-state index contributed by atoms with van der Waals surface area (Å²) in [6, 6.07) is 15.1. The molecule has 0 fully saturated rings. The molecule has 0 aliphatic heterocycles. The van der Waals surface area contributed by atoms with Crippen LogP contribution in [0.4, 0.5) is 0 Å². The van der Waals surface area contributed by atoms with E-state index in [1.54, 1.807) is 0 Å². The number of benzene rings is 2. The Kier molecular flexibility index (Phi) is 5.84. The fourth-order valence-electron chi connectivity index (χ4n) is 2.61. The maximum atomic E-state index is 6.40. The standard InChI is InChI=1S/C19H24ClN/c1-4-11-21-19(17-7-5-6-8-18(17)20)13-16-12-14(2)9-10-15(16)3/h5-10,12,19,21H,4,11,13H2,1-3H3. The second-order valence-corrected chi connectivity index (χ2v) is 6.07. The normalized spacial score (nSPS) is 12.4. The number of hydrogen-bond donors (Lipinski definition) is 1. The average molecular weight is 302 g/mol. The highest BCUT2D eigenvalue weighted by molar-refractivity contribution is 6.31. The topological polar surface area (TPSA) is 12.0 Å². The molecule has 1 N–H and O–H groups in total. The van der Waals surface area contributed by atoms with Gasteiger partial charge in [0.05, 0.1) is 0 Å². The number of halogens is 1. The van der Waals surface area contributed by atoms with Crippen molar-refractivity contribution >= 4 is 11.6 Å². The Morgan fingerprint density at radius 2 is 1.86 bits per heavy atom. The molecule has 0 saturated heterocycles. The van der Waals surface area contributed by atoms with Gasteiger partial charge in [0.1, 0.15) is 0 Å². The summed E-state index contributed by atoms with van der Waals surface area (Å²) in [6.07, 6.45) is 2.09. The lowest BCUT2D eigenvalue weighted by molar-refractivity contribution is 0.528. The first-order chi connectivity index (χ1) is 10.1. The minimum atomic E-state index is 0.263. The Balaban J connectivity index is 2.28. The largest absolute Gasteiger partial charge is 0.310 e. The second-order valence-electron chi connectivity index (χ2n) is 5.66. The molecule has 2 aromatic carbocycles. The first-order valence-electron chi connectivity index (χ1n) is 7.65. The van der Waals surface area contributed by atoms with E-state index in [9.17, 15) is 0 Å². The molecule has 1 nitrogen and oxygen atoms in total. The van der Waals surface area contributed by atoms with Gasteiger partial charge in [0.2, 0.25) is 0 Å². The molecule has 0 spiro atoms. The molecule has 0 amide bonds. The van der Waals surface area contributed by atoms with Crippen molar-refractivity contribution in [3.05, 3.63) is 69.7 Å². The fraction of sp³-hybridized carbons (Fsp3) is 0.368. The minimum absolute atomic E-state index is 0.263. The van der Waals surface area contributed by atoms with Crippen LogP contribution in [0, 0.1) is 13.8 Å². The zero-order chi connectivity index (χ0) is 15.2. The van der Waals surface area contributed by atoms with Gasteiger partial charge in [-0.2, -0.15) is 0 Å². The number of rotatable bonds is 6. The van der Waals surface area contributed by atoms with E-state index < -0.39 is 0 Å². The van der Waals surface area contributed by atoms with Gasteiger partial charge in [-0.25, -0.2) is 0 Å². The molecule has 0 aliphatic carbocycles. The Labute approximate surface area is 133 Å². The van der Waals surface area contributed by atoms with Crippen molar-refractivity contribution in [3.63, 3.8) is 0 Å². The van der Waals surface area contributed by atoms with Crippen molar-refractivity contribution in [2.24, 2.45) is 0 Å². The monoisotopic (exact) mass is 301 g/mol. The summed E-state index contributed by atoms with van der Waals surface area (Å²) in [5.41, 5.74) is 5.23. The van der Waals surface area contributed by atoms with Gasteiger partial charge < -0.3 is 5.32 Å². The van der Waals surface area contributed by atoms with Crippen molar-refractivity contribution in [2.45, 2.75) is 39.7 Å². The highest BCUT2D eigenvalue weighted by atomic mass is 35.5. The summed E-state index contributed by atoms with van der Waals surface area (Å²) in [5.74, 6) is 0. The van der Waals surface area contributed by atoms with Crippen molar-refractivity contribution < 1.29 is 0 Å². The maximum Gasteiger partial charge on any atom is 0.0453 e. The molecule has 1 unspecified atom stereocenters. The summed E-state index contributed by atoms with van der Waals surface area (Å²) in [4.78, 5) is 0. The van der Waals surface area contributed by atoms with Gasteiger partial charge in [-0.3, -0.25) is 0 Å². The van der Waals surface area contributed by atoms with Gasteiger partial charge in [0.15, 0.2) is 0 Å². The van der Waals surface area contributed by atoms with Crippen molar-refractivity contribution in [1.29, 1.82) is 0 Å². The summed E-state index contributed by atoms with van der Waals surface area (Å²) in [7, 11) is 0. The molecule has 0 saturated carbocycles. The molecule has 0 bridgehead atoms. The van der Waals surface area contributed by atoms with Crippen LogP contribution >= 0.6 is 11.6 Å². The summed E-state index contributed by atoms with van der Waals surface area (Å²) < 4.78 is 0. The average Bonchev–Trinajstić information content (AvgIpc) is 2.48. The van der Waals surface area contributed by atoms with Gasteiger partial charge in [-0.1, -0.05) is 60.5 Å². The first-order valence-corrected chi connectivity index (χ1v) is 8.03. The Hall–Kier alpha value is -1.31. The van der Waals surface area contributed by atoms with Crippen LogP contribution in [-0.4, -0.2) is 6.54 Å². The highest BCUT2D eigenvalue weighted by Crippen LogP contribution is 2.27. The summed E-state index contributed by atoms with van der Waals surface area (Å²) in [5, 5.41) is 4.48. The van der Waals surface area contributed by atoms with Crippen LogP contribution in [0.5, 0.6) is 0 Å². The van der Waals surface area contributed by atoms with Crippen LogP contribution in [0.1, 0.15) is 41.6 Å². The van der Waals surface area contributed by atoms with E-state index in [2.05, 4.69) is 56.4 Å². The Bertz CT molecular complexity index is 592. The van der Waals surface area contributed by atoms with E-state index in [-0.39, 0.29) is 6.04 Å². The van der Waals surface area contributed by atoms with Gasteiger partial charge in [0.25, 0.3) is 0 Å². The van der Waals surface area contributed by atoms with Gasteiger partial charge in [-0.05, 0) is 56.0 Å². The SMILES string of the molecule is CCCNC(Cc1cc(C)ccc1C)c1ccccc1Cl. The third-order valence-electron chi connectivity index (χ3n) is 3.85.